The standard InChI is InChI=1S/C15H21NO2/c1-12(2)16-9-7-15(8-10-16)18-14-5-3-13(11-17)4-6-14/h3-6,11-12,15H,7-10H2,1-2H3. The van der Waals surface area contributed by atoms with Crippen LogP contribution in [0.3, 0.4) is 0 Å². The van der Waals surface area contributed by atoms with Gasteiger partial charge < -0.3 is 9.64 Å². The second-order valence-electron chi connectivity index (χ2n) is 5.13. The van der Waals surface area contributed by atoms with E-state index in [-0.39, 0.29) is 0 Å². The lowest BCUT2D eigenvalue weighted by atomic mass is 10.1. The largest absolute Gasteiger partial charge is 0.490 e. The minimum absolute atomic E-state index is 0.307. The Hall–Kier alpha value is -1.35. The van der Waals surface area contributed by atoms with Gasteiger partial charge in [-0.1, -0.05) is 0 Å². The number of carbonyl (C=O) groups excluding carboxylic acids is 1. The van der Waals surface area contributed by atoms with Crippen LogP contribution in [0.15, 0.2) is 24.3 Å². The predicted molar refractivity (Wildman–Crippen MR) is 72.2 cm³/mol. The molecule has 0 atom stereocenters. The Kier molecular flexibility index (Phi) is 4.37. The Morgan fingerprint density at radius 1 is 1.22 bits per heavy atom. The van der Waals surface area contributed by atoms with Crippen LogP contribution in [0, 0.1) is 0 Å². The molecule has 2 rings (SSSR count). The normalized spacial score (nSPS) is 17.9. The number of benzene rings is 1. The van der Waals surface area contributed by atoms with Gasteiger partial charge in [-0.15, -0.1) is 0 Å². The molecule has 0 amide bonds. The van der Waals surface area contributed by atoms with Gasteiger partial charge >= 0.3 is 0 Å². The van der Waals surface area contributed by atoms with Gasteiger partial charge in [-0.2, -0.15) is 0 Å². The zero-order valence-electron chi connectivity index (χ0n) is 11.1. The van der Waals surface area contributed by atoms with Crippen molar-refractivity contribution in [3.8, 4) is 5.75 Å². The van der Waals surface area contributed by atoms with Gasteiger partial charge in [-0.3, -0.25) is 4.79 Å². The summed E-state index contributed by atoms with van der Waals surface area (Å²) in [6.07, 6.45) is 3.31. The van der Waals surface area contributed by atoms with Gasteiger partial charge in [-0.05, 0) is 51.0 Å². The Morgan fingerprint density at radius 3 is 2.33 bits per heavy atom. The molecule has 1 fully saturated rings. The van der Waals surface area contributed by atoms with Crippen LogP contribution in [0.5, 0.6) is 5.75 Å². The molecule has 3 heteroatoms. The molecule has 1 saturated heterocycles. The zero-order chi connectivity index (χ0) is 13.0. The molecule has 18 heavy (non-hydrogen) atoms. The SMILES string of the molecule is CC(C)N1CCC(Oc2ccc(C=O)cc2)CC1. The Morgan fingerprint density at radius 2 is 1.83 bits per heavy atom. The molecule has 0 radical (unpaired) electrons. The number of nitrogens with zero attached hydrogens (tertiary/aromatic N) is 1. The smallest absolute Gasteiger partial charge is 0.150 e. The quantitative estimate of drug-likeness (QED) is 0.766. The van der Waals surface area contributed by atoms with Crippen molar-refractivity contribution in [3.63, 3.8) is 0 Å². The van der Waals surface area contributed by atoms with Gasteiger partial charge in [0.25, 0.3) is 0 Å². The van der Waals surface area contributed by atoms with Gasteiger partial charge in [0.1, 0.15) is 18.1 Å². The average Bonchev–Trinajstić information content (AvgIpc) is 2.40. The molecule has 0 N–H and O–H groups in total. The summed E-state index contributed by atoms with van der Waals surface area (Å²) >= 11 is 0. The van der Waals surface area contributed by atoms with Gasteiger partial charge in [-0.25, -0.2) is 0 Å². The molecule has 3 nitrogen and oxygen atoms in total. The van der Waals surface area contributed by atoms with Crippen LogP contribution in [0.2, 0.25) is 0 Å². The Bertz CT molecular complexity index is 378. The van der Waals surface area contributed by atoms with E-state index in [1.54, 1.807) is 12.1 Å². The van der Waals surface area contributed by atoms with Crippen molar-refractivity contribution in [2.45, 2.75) is 38.8 Å². The van der Waals surface area contributed by atoms with Crippen molar-refractivity contribution in [1.82, 2.24) is 4.90 Å². The number of hydrogen-bond acceptors (Lipinski definition) is 3. The molecule has 0 saturated carbocycles. The Labute approximate surface area is 109 Å². The van der Waals surface area contributed by atoms with Crippen LogP contribution in [-0.2, 0) is 0 Å². The lowest BCUT2D eigenvalue weighted by Gasteiger charge is -2.34. The highest BCUT2D eigenvalue weighted by atomic mass is 16.5. The summed E-state index contributed by atoms with van der Waals surface area (Å²) in [7, 11) is 0. The molecule has 1 aromatic rings. The molecule has 1 heterocycles. The number of hydrogen-bond donors (Lipinski definition) is 0. The molecular formula is C15H21NO2. The van der Waals surface area contributed by atoms with E-state index in [2.05, 4.69) is 18.7 Å². The number of piperidine rings is 1. The van der Waals surface area contributed by atoms with Crippen molar-refractivity contribution >= 4 is 6.29 Å². The summed E-state index contributed by atoms with van der Waals surface area (Å²) in [6.45, 7) is 6.68. The van der Waals surface area contributed by atoms with Crippen LogP contribution in [0.4, 0.5) is 0 Å². The molecule has 0 spiro atoms. The Balaban J connectivity index is 1.85. The lowest BCUT2D eigenvalue weighted by Crippen LogP contribution is -2.41. The number of carbonyl (C=O) groups is 1. The highest BCUT2D eigenvalue weighted by Crippen LogP contribution is 2.20. The first kappa shape index (κ1) is 13.1. The molecule has 1 aliphatic rings. The maximum absolute atomic E-state index is 10.6. The second kappa shape index (κ2) is 6.01. The van der Waals surface area contributed by atoms with E-state index in [0.29, 0.717) is 17.7 Å². The van der Waals surface area contributed by atoms with Crippen molar-refractivity contribution < 1.29 is 9.53 Å². The van der Waals surface area contributed by atoms with Crippen LogP contribution < -0.4 is 4.74 Å². The minimum Gasteiger partial charge on any atom is -0.490 e. The summed E-state index contributed by atoms with van der Waals surface area (Å²) in [4.78, 5) is 13.0. The second-order valence-corrected chi connectivity index (χ2v) is 5.13. The van der Waals surface area contributed by atoms with Gasteiger partial charge in [0.05, 0.1) is 0 Å². The van der Waals surface area contributed by atoms with E-state index >= 15 is 0 Å². The summed E-state index contributed by atoms with van der Waals surface area (Å²) in [6, 6.07) is 7.96. The van der Waals surface area contributed by atoms with E-state index < -0.39 is 0 Å². The lowest BCUT2D eigenvalue weighted by molar-refractivity contribution is 0.0843. The number of likely N-dealkylation sites (tertiary alicyclic amines) is 1. The molecule has 1 aliphatic heterocycles. The van der Waals surface area contributed by atoms with E-state index in [1.165, 1.54) is 0 Å². The molecule has 98 valence electrons. The third-order valence-electron chi connectivity index (χ3n) is 3.53. The molecular weight excluding hydrogens is 226 g/mol. The van der Waals surface area contributed by atoms with Crippen LogP contribution in [0.1, 0.15) is 37.0 Å². The topological polar surface area (TPSA) is 29.5 Å². The highest BCUT2D eigenvalue weighted by molar-refractivity contribution is 5.74. The molecule has 1 aromatic carbocycles. The summed E-state index contributed by atoms with van der Waals surface area (Å²) in [5.41, 5.74) is 0.692. The van der Waals surface area contributed by atoms with Crippen molar-refractivity contribution in [1.29, 1.82) is 0 Å². The van der Waals surface area contributed by atoms with Crippen molar-refractivity contribution in [2.24, 2.45) is 0 Å². The van der Waals surface area contributed by atoms with Gasteiger partial charge in [0.15, 0.2) is 0 Å². The van der Waals surface area contributed by atoms with Crippen LogP contribution in [0.25, 0.3) is 0 Å². The number of aldehydes is 1. The summed E-state index contributed by atoms with van der Waals surface area (Å²) in [5, 5.41) is 0. The van der Waals surface area contributed by atoms with E-state index in [4.69, 9.17) is 4.74 Å². The third-order valence-corrected chi connectivity index (χ3v) is 3.53. The maximum atomic E-state index is 10.6. The summed E-state index contributed by atoms with van der Waals surface area (Å²) in [5.74, 6) is 0.864. The number of ether oxygens (including phenoxy) is 1. The maximum Gasteiger partial charge on any atom is 0.150 e. The molecule has 0 unspecified atom stereocenters. The first-order valence-electron chi connectivity index (χ1n) is 6.65. The first-order chi connectivity index (χ1) is 8.69. The predicted octanol–water partition coefficient (Wildman–Crippen LogP) is 2.75. The summed E-state index contributed by atoms with van der Waals surface area (Å²) < 4.78 is 5.94. The average molecular weight is 247 g/mol. The van der Waals surface area contributed by atoms with E-state index in [9.17, 15) is 4.79 Å². The van der Waals surface area contributed by atoms with Crippen LogP contribution >= 0.6 is 0 Å². The molecule has 0 aromatic heterocycles. The highest BCUT2D eigenvalue weighted by Gasteiger charge is 2.21. The number of rotatable bonds is 4. The van der Waals surface area contributed by atoms with E-state index in [1.807, 2.05) is 12.1 Å². The first-order valence-corrected chi connectivity index (χ1v) is 6.65. The van der Waals surface area contributed by atoms with E-state index in [0.717, 1.165) is 38.0 Å². The van der Waals surface area contributed by atoms with Crippen LogP contribution in [-0.4, -0.2) is 36.4 Å². The third kappa shape index (κ3) is 3.33. The van der Waals surface area contributed by atoms with Gasteiger partial charge in [0.2, 0.25) is 0 Å². The fourth-order valence-electron chi connectivity index (χ4n) is 2.33. The fourth-order valence-corrected chi connectivity index (χ4v) is 2.33. The minimum atomic E-state index is 0.307. The van der Waals surface area contributed by atoms with Gasteiger partial charge in [0, 0.05) is 24.7 Å². The molecule has 0 aliphatic carbocycles. The molecule has 0 bridgehead atoms. The van der Waals surface area contributed by atoms with Crippen molar-refractivity contribution in [2.75, 3.05) is 13.1 Å². The van der Waals surface area contributed by atoms with Crippen molar-refractivity contribution in [3.05, 3.63) is 29.8 Å². The fraction of sp³-hybridized carbons (Fsp3) is 0.533. The zero-order valence-corrected chi connectivity index (χ0v) is 11.1. The monoisotopic (exact) mass is 247 g/mol.